The second-order valence-corrected chi connectivity index (χ2v) is 35.0. The average molecular weight is 1740 g/mol. The monoisotopic (exact) mass is 1740 g/mol. The molecule has 0 spiro atoms. The van der Waals surface area contributed by atoms with Crippen molar-refractivity contribution in [1.82, 2.24) is 39.9 Å². The lowest BCUT2D eigenvalue weighted by Gasteiger charge is -2.15. The van der Waals surface area contributed by atoms with Crippen molar-refractivity contribution >= 4 is 162 Å². The van der Waals surface area contributed by atoms with Crippen LogP contribution in [0.15, 0.2) is 478 Å². The summed E-state index contributed by atoms with van der Waals surface area (Å²) in [6.45, 7) is 0. The molecule has 137 heavy (non-hydrogen) atoms. The SMILES string of the molecule is c1ccc(-c2nc(-c3ccc4c(c3)oc3ccccc34)nc(-c3cccc4c3ccc3c4ccc4c5ccccc5ccc43)n2)cc1.c1ccc(-c2nc(-c3ccccc3)c3cc(-c4cccc5c4ccc4c5ccc5c6ccccc6ccc54)ccc3n2)cc1.c1ccc(-c2nc(-c3ccccc3)nc(-c3ccccc3-c3cccc4c3ccc3c4ccc4c5ccccc5ccc43)n2)cc1. The Bertz CT molecular complexity index is 9680. The maximum Gasteiger partial charge on any atom is 0.164 e. The number of fused-ring (bicyclic) bond motifs is 25. The smallest absolute Gasteiger partial charge is 0.164 e. The fourth-order valence-electron chi connectivity index (χ4n) is 20.6. The van der Waals surface area contributed by atoms with Gasteiger partial charge in [-0.3, -0.25) is 0 Å². The van der Waals surface area contributed by atoms with E-state index in [-0.39, 0.29) is 0 Å². The van der Waals surface area contributed by atoms with Crippen LogP contribution in [0.3, 0.4) is 0 Å². The molecule has 0 bridgehead atoms. The normalized spacial score (nSPS) is 11.6. The van der Waals surface area contributed by atoms with E-state index in [4.69, 9.17) is 44.3 Å². The molecule has 0 aliphatic rings. The van der Waals surface area contributed by atoms with Gasteiger partial charge in [0.25, 0.3) is 0 Å². The largest absolute Gasteiger partial charge is 0.456 e. The number of para-hydroxylation sites is 1. The van der Waals surface area contributed by atoms with Gasteiger partial charge in [0, 0.05) is 60.7 Å². The third kappa shape index (κ3) is 14.1. The van der Waals surface area contributed by atoms with Gasteiger partial charge in [-0.05, 0) is 182 Å². The second-order valence-electron chi connectivity index (χ2n) is 35.0. The molecule has 0 amide bonds. The van der Waals surface area contributed by atoms with Gasteiger partial charge in [-0.15, -0.1) is 0 Å². The molecule has 0 radical (unpaired) electrons. The Morgan fingerprint density at radius 3 is 0.869 bits per heavy atom. The van der Waals surface area contributed by atoms with Gasteiger partial charge < -0.3 is 4.42 Å². The molecular weight excluding hydrogens is 1670 g/mol. The predicted molar refractivity (Wildman–Crippen MR) is 571 cm³/mol. The highest BCUT2D eigenvalue weighted by Crippen LogP contribution is 2.46. The van der Waals surface area contributed by atoms with Crippen molar-refractivity contribution in [2.75, 3.05) is 0 Å². The molecule has 0 fully saturated rings. The van der Waals surface area contributed by atoms with E-state index in [9.17, 15) is 0 Å². The highest BCUT2D eigenvalue weighted by atomic mass is 16.3. The first-order valence-electron chi connectivity index (χ1n) is 46.3. The molecule has 28 rings (SSSR count). The summed E-state index contributed by atoms with van der Waals surface area (Å²) in [5.74, 6) is 4.57. The van der Waals surface area contributed by atoms with Crippen molar-refractivity contribution in [1.29, 1.82) is 0 Å². The Hall–Kier alpha value is -18.4. The number of aromatic nitrogens is 8. The van der Waals surface area contributed by atoms with Crippen LogP contribution in [0.4, 0.5) is 0 Å². The summed E-state index contributed by atoms with van der Waals surface area (Å²) in [5.41, 5.74) is 15.9. The van der Waals surface area contributed by atoms with Crippen LogP contribution < -0.4 is 0 Å². The minimum absolute atomic E-state index is 0.604. The van der Waals surface area contributed by atoms with Crippen LogP contribution in [-0.2, 0) is 0 Å². The highest BCUT2D eigenvalue weighted by molar-refractivity contribution is 6.27. The predicted octanol–water partition coefficient (Wildman–Crippen LogP) is 33.8. The molecule has 28 aromatic rings. The minimum atomic E-state index is 0.604. The van der Waals surface area contributed by atoms with Crippen molar-refractivity contribution in [3.05, 3.63) is 473 Å². The van der Waals surface area contributed by atoms with Crippen LogP contribution in [0, 0.1) is 0 Å². The quantitative estimate of drug-likeness (QED) is 0.123. The summed E-state index contributed by atoms with van der Waals surface area (Å²) >= 11 is 0. The van der Waals surface area contributed by atoms with Gasteiger partial charge in [-0.1, -0.05) is 443 Å². The van der Waals surface area contributed by atoms with E-state index >= 15 is 0 Å². The third-order valence-corrected chi connectivity index (χ3v) is 27.1. The van der Waals surface area contributed by atoms with Crippen LogP contribution in [0.2, 0.25) is 0 Å². The Labute approximate surface area is 787 Å². The lowest BCUT2D eigenvalue weighted by Crippen LogP contribution is -2.01. The van der Waals surface area contributed by atoms with Gasteiger partial charge in [0.15, 0.2) is 40.8 Å². The standard InChI is InChI=1S/C43H25N3O.C43H27N3.C42H26N2/c1-2-10-27(11-3-1)41-44-42(28-18-20-37-36-13-6-7-16-39(36)47-40(37)25-28)46-43(45-41)38-15-8-14-30-33-22-21-31-29-12-5-4-9-26(29)17-19-32(31)34(33)23-24-35(30)38;1-3-13-29(14-4-1)41-44-42(30-15-5-2-6-16-30)46-43(45-41)40-19-10-9-18-34(40)32-20-11-21-33-37(32)26-27-39-36-23-22-28-12-7-8-17-31(28)35(36)24-25-38(33)39;1-3-11-28(12-4-1)41-39-26-30(19-25-40(39)43-42(44-41)29-13-5-2-6-14-29)32-16-9-17-33-35(32)22-24-38-36-20-18-27-10-7-8-15-31(27)34(36)21-23-37(33)38/h1-25H;1-27H;1-26H. The van der Waals surface area contributed by atoms with Crippen LogP contribution in [-0.4, -0.2) is 39.9 Å². The van der Waals surface area contributed by atoms with E-state index in [0.29, 0.717) is 34.9 Å². The van der Waals surface area contributed by atoms with Gasteiger partial charge in [0.2, 0.25) is 0 Å². The zero-order chi connectivity index (χ0) is 90.4. The fourth-order valence-corrected chi connectivity index (χ4v) is 20.6. The molecule has 0 unspecified atom stereocenters. The van der Waals surface area contributed by atoms with Crippen LogP contribution in [0.5, 0.6) is 0 Å². The summed E-state index contributed by atoms with van der Waals surface area (Å²) in [6.07, 6.45) is 0. The van der Waals surface area contributed by atoms with Crippen LogP contribution in [0.1, 0.15) is 0 Å². The van der Waals surface area contributed by atoms with Gasteiger partial charge in [-0.25, -0.2) is 39.9 Å². The Morgan fingerprint density at radius 1 is 0.124 bits per heavy atom. The maximum absolute atomic E-state index is 6.23. The van der Waals surface area contributed by atoms with Gasteiger partial charge in [-0.2, -0.15) is 0 Å². The van der Waals surface area contributed by atoms with Crippen LogP contribution in [0.25, 0.3) is 275 Å². The molecule has 636 valence electrons. The molecule has 4 heterocycles. The first-order valence-corrected chi connectivity index (χ1v) is 46.3. The van der Waals surface area contributed by atoms with Gasteiger partial charge in [0.05, 0.1) is 11.2 Å². The molecule has 9 heteroatoms. The van der Waals surface area contributed by atoms with E-state index in [2.05, 4.69) is 334 Å². The number of hydrogen-bond acceptors (Lipinski definition) is 9. The molecule has 0 N–H and O–H groups in total. The van der Waals surface area contributed by atoms with E-state index in [1.54, 1.807) is 0 Å². The zero-order valence-corrected chi connectivity index (χ0v) is 74.0. The molecule has 9 nitrogen and oxygen atoms in total. The van der Waals surface area contributed by atoms with E-state index in [1.165, 1.54) is 129 Å². The molecule has 0 saturated carbocycles. The summed E-state index contributed by atoms with van der Waals surface area (Å²) in [4.78, 5) is 40.3. The Morgan fingerprint density at radius 2 is 0.409 bits per heavy atom. The minimum Gasteiger partial charge on any atom is -0.456 e. The van der Waals surface area contributed by atoms with Crippen LogP contribution >= 0.6 is 0 Å². The average Bonchev–Trinajstić information content (AvgIpc) is 1.14. The Balaban J connectivity index is 0.000000106. The van der Waals surface area contributed by atoms with Crippen molar-refractivity contribution in [3.63, 3.8) is 0 Å². The number of rotatable bonds is 10. The van der Waals surface area contributed by atoms with E-state index in [1.807, 2.05) is 140 Å². The van der Waals surface area contributed by atoms with Crippen molar-refractivity contribution < 1.29 is 4.42 Å². The van der Waals surface area contributed by atoms with Crippen molar-refractivity contribution in [3.8, 4) is 113 Å². The fraction of sp³-hybridized carbons (Fsp3) is 0. The molecule has 0 atom stereocenters. The Kier molecular flexibility index (Phi) is 19.4. The van der Waals surface area contributed by atoms with E-state index < -0.39 is 0 Å². The summed E-state index contributed by atoms with van der Waals surface area (Å²) < 4.78 is 6.23. The van der Waals surface area contributed by atoms with E-state index in [0.717, 1.165) is 111 Å². The summed E-state index contributed by atoms with van der Waals surface area (Å²) in [7, 11) is 0. The number of hydrogen-bond donors (Lipinski definition) is 0. The lowest BCUT2D eigenvalue weighted by molar-refractivity contribution is 0.669. The molecular formula is C128H78N8O. The maximum atomic E-state index is 6.23. The molecule has 0 aliphatic carbocycles. The number of nitrogens with zero attached hydrogens (tertiary/aromatic N) is 8. The molecule has 24 aromatic carbocycles. The zero-order valence-electron chi connectivity index (χ0n) is 74.0. The first-order chi connectivity index (χ1) is 67.9. The van der Waals surface area contributed by atoms with Gasteiger partial charge >= 0.3 is 0 Å². The van der Waals surface area contributed by atoms with Crippen molar-refractivity contribution in [2.24, 2.45) is 0 Å². The highest BCUT2D eigenvalue weighted by Gasteiger charge is 2.23. The summed E-state index contributed by atoms with van der Waals surface area (Å²) in [5, 5.41) is 33.2. The molecule has 0 aliphatic heterocycles. The number of benzene rings is 24. The number of furan rings is 1. The van der Waals surface area contributed by atoms with Crippen molar-refractivity contribution in [2.45, 2.75) is 0 Å². The second kappa shape index (κ2) is 33.4. The molecule has 4 aromatic heterocycles. The lowest BCUT2D eigenvalue weighted by atomic mass is 9.90. The molecule has 0 saturated heterocycles. The third-order valence-electron chi connectivity index (χ3n) is 27.1. The summed E-state index contributed by atoms with van der Waals surface area (Å²) in [6, 6.07) is 167. The topological polar surface area (TPSA) is 116 Å². The first kappa shape index (κ1) is 79.5. The van der Waals surface area contributed by atoms with Gasteiger partial charge in [0.1, 0.15) is 11.2 Å².